The van der Waals surface area contributed by atoms with Crippen LogP contribution in [-0.2, 0) is 9.53 Å². The normalized spacial score (nSPS) is 15.7. The molecule has 1 aromatic heterocycles. The molecule has 0 aliphatic carbocycles. The van der Waals surface area contributed by atoms with Crippen LogP contribution in [0.5, 0.6) is 0 Å². The number of para-hydroxylation sites is 1. The van der Waals surface area contributed by atoms with Crippen molar-refractivity contribution in [3.05, 3.63) is 41.8 Å². The summed E-state index contributed by atoms with van der Waals surface area (Å²) in [5.74, 6) is -0.0370. The number of halogens is 1. The summed E-state index contributed by atoms with van der Waals surface area (Å²) in [7, 11) is 0. The largest absolute Gasteiger partial charge is 0.381 e. The highest BCUT2D eigenvalue weighted by Gasteiger charge is 2.23. The summed E-state index contributed by atoms with van der Waals surface area (Å²) in [6.07, 6.45) is 1.41. The van der Waals surface area contributed by atoms with E-state index in [2.05, 4.69) is 10.4 Å². The van der Waals surface area contributed by atoms with E-state index in [4.69, 9.17) is 4.74 Å². The first-order valence-electron chi connectivity index (χ1n) is 7.35. The van der Waals surface area contributed by atoms with Crippen molar-refractivity contribution < 1.29 is 13.9 Å². The minimum atomic E-state index is -0.382. The van der Waals surface area contributed by atoms with E-state index in [0.717, 1.165) is 0 Å². The topological polar surface area (TPSA) is 56.1 Å². The molecule has 2 aromatic rings. The third kappa shape index (κ3) is 3.01. The molecular formula is C16H18FN3O2. The minimum absolute atomic E-state index is 0.0687. The highest BCUT2D eigenvalue weighted by molar-refractivity contribution is 5.92. The molecule has 0 spiro atoms. The van der Waals surface area contributed by atoms with Crippen molar-refractivity contribution in [1.82, 2.24) is 9.78 Å². The number of rotatable bonds is 3. The van der Waals surface area contributed by atoms with Gasteiger partial charge in [-0.05, 0) is 31.9 Å². The van der Waals surface area contributed by atoms with Gasteiger partial charge in [0.15, 0.2) is 0 Å². The molecule has 0 saturated carbocycles. The smallest absolute Gasteiger partial charge is 0.228 e. The molecule has 1 aliphatic heterocycles. The third-order valence-electron chi connectivity index (χ3n) is 3.76. The molecule has 3 rings (SSSR count). The van der Waals surface area contributed by atoms with Gasteiger partial charge in [-0.3, -0.25) is 4.79 Å². The first-order valence-corrected chi connectivity index (χ1v) is 7.35. The second-order valence-electron chi connectivity index (χ2n) is 5.41. The van der Waals surface area contributed by atoms with Gasteiger partial charge in [-0.25, -0.2) is 9.07 Å². The number of benzene rings is 1. The standard InChI is InChI=1S/C16H18FN3O2/c1-11-10-15(18-16(21)12-6-8-22-9-7-12)20(19-11)14-5-3-2-4-13(14)17/h2-5,10,12H,6-9H2,1H3,(H,18,21). The average Bonchev–Trinajstić information content (AvgIpc) is 2.89. The van der Waals surface area contributed by atoms with E-state index in [1.807, 2.05) is 0 Å². The van der Waals surface area contributed by atoms with Crippen LogP contribution >= 0.6 is 0 Å². The minimum Gasteiger partial charge on any atom is -0.381 e. The van der Waals surface area contributed by atoms with E-state index >= 15 is 0 Å². The predicted octanol–water partition coefficient (Wildman–Crippen LogP) is 2.68. The number of aryl methyl sites for hydroxylation is 1. The fourth-order valence-electron chi connectivity index (χ4n) is 2.58. The molecule has 1 aromatic carbocycles. The van der Waals surface area contributed by atoms with Crippen LogP contribution < -0.4 is 5.32 Å². The van der Waals surface area contributed by atoms with E-state index in [9.17, 15) is 9.18 Å². The second-order valence-corrected chi connectivity index (χ2v) is 5.41. The molecule has 0 bridgehead atoms. The van der Waals surface area contributed by atoms with Crippen molar-refractivity contribution in [2.24, 2.45) is 5.92 Å². The molecule has 0 radical (unpaired) electrons. The van der Waals surface area contributed by atoms with Gasteiger partial charge in [-0.15, -0.1) is 0 Å². The molecule has 1 amide bonds. The summed E-state index contributed by atoms with van der Waals surface area (Å²) in [5.41, 5.74) is 1.03. The fourth-order valence-corrected chi connectivity index (χ4v) is 2.58. The first kappa shape index (κ1) is 14.7. The van der Waals surface area contributed by atoms with E-state index in [0.29, 0.717) is 43.3 Å². The van der Waals surface area contributed by atoms with Crippen molar-refractivity contribution in [2.75, 3.05) is 18.5 Å². The lowest BCUT2D eigenvalue weighted by atomic mass is 9.99. The van der Waals surface area contributed by atoms with Crippen molar-refractivity contribution >= 4 is 11.7 Å². The maximum absolute atomic E-state index is 14.0. The number of hydrogen-bond acceptors (Lipinski definition) is 3. The Bertz CT molecular complexity index is 678. The van der Waals surface area contributed by atoms with Gasteiger partial charge in [-0.2, -0.15) is 5.10 Å². The molecule has 22 heavy (non-hydrogen) atoms. The first-order chi connectivity index (χ1) is 10.6. The Balaban J connectivity index is 1.85. The van der Waals surface area contributed by atoms with Gasteiger partial charge in [0.05, 0.1) is 5.69 Å². The number of nitrogens with zero attached hydrogens (tertiary/aromatic N) is 2. The van der Waals surface area contributed by atoms with Crippen LogP contribution in [0.4, 0.5) is 10.2 Å². The number of aromatic nitrogens is 2. The zero-order valence-corrected chi connectivity index (χ0v) is 12.4. The van der Waals surface area contributed by atoms with Crippen LogP contribution in [0, 0.1) is 18.7 Å². The SMILES string of the molecule is Cc1cc(NC(=O)C2CCOCC2)n(-c2ccccc2F)n1. The van der Waals surface area contributed by atoms with E-state index < -0.39 is 0 Å². The van der Waals surface area contributed by atoms with Crippen molar-refractivity contribution in [3.63, 3.8) is 0 Å². The van der Waals surface area contributed by atoms with Gasteiger partial charge in [-0.1, -0.05) is 12.1 Å². The Morgan fingerprint density at radius 2 is 2.09 bits per heavy atom. The Kier molecular flexibility index (Phi) is 4.20. The van der Waals surface area contributed by atoms with E-state index in [1.54, 1.807) is 31.2 Å². The highest BCUT2D eigenvalue weighted by atomic mass is 19.1. The van der Waals surface area contributed by atoms with Crippen LogP contribution in [-0.4, -0.2) is 28.9 Å². The Morgan fingerprint density at radius 1 is 1.36 bits per heavy atom. The van der Waals surface area contributed by atoms with Crippen LogP contribution in [0.25, 0.3) is 5.69 Å². The number of anilines is 1. The summed E-state index contributed by atoms with van der Waals surface area (Å²) in [5, 5.41) is 7.14. The summed E-state index contributed by atoms with van der Waals surface area (Å²) < 4.78 is 20.7. The molecule has 1 fully saturated rings. The van der Waals surface area contributed by atoms with Crippen LogP contribution in [0.3, 0.4) is 0 Å². The van der Waals surface area contributed by atoms with Crippen LogP contribution in [0.2, 0.25) is 0 Å². The van der Waals surface area contributed by atoms with Gasteiger partial charge in [0, 0.05) is 25.2 Å². The maximum atomic E-state index is 14.0. The zero-order chi connectivity index (χ0) is 15.5. The molecule has 2 heterocycles. The van der Waals surface area contributed by atoms with Crippen molar-refractivity contribution in [3.8, 4) is 5.69 Å². The number of nitrogens with one attached hydrogen (secondary N) is 1. The number of hydrogen-bond donors (Lipinski definition) is 1. The van der Waals surface area contributed by atoms with Crippen LogP contribution in [0.15, 0.2) is 30.3 Å². The van der Waals surface area contributed by atoms with Crippen LogP contribution in [0.1, 0.15) is 18.5 Å². The molecule has 0 unspecified atom stereocenters. The average molecular weight is 303 g/mol. The predicted molar refractivity (Wildman–Crippen MR) is 80.4 cm³/mol. The van der Waals surface area contributed by atoms with E-state index in [-0.39, 0.29) is 17.6 Å². The number of ether oxygens (including phenoxy) is 1. The summed E-state index contributed by atoms with van der Waals surface area (Å²) in [6, 6.07) is 8.10. The lowest BCUT2D eigenvalue weighted by Gasteiger charge is -2.21. The monoisotopic (exact) mass is 303 g/mol. The quantitative estimate of drug-likeness (QED) is 0.948. The summed E-state index contributed by atoms with van der Waals surface area (Å²) in [4.78, 5) is 12.3. The number of amides is 1. The Labute approximate surface area is 128 Å². The molecule has 5 nitrogen and oxygen atoms in total. The lowest BCUT2D eigenvalue weighted by Crippen LogP contribution is -2.29. The van der Waals surface area contributed by atoms with E-state index in [1.165, 1.54) is 10.7 Å². The maximum Gasteiger partial charge on any atom is 0.228 e. The lowest BCUT2D eigenvalue weighted by molar-refractivity contribution is -0.122. The second kappa shape index (κ2) is 6.27. The number of carbonyl (C=O) groups is 1. The molecule has 1 aliphatic rings. The van der Waals surface area contributed by atoms with Gasteiger partial charge >= 0.3 is 0 Å². The third-order valence-corrected chi connectivity index (χ3v) is 3.76. The Hall–Kier alpha value is -2.21. The highest BCUT2D eigenvalue weighted by Crippen LogP contribution is 2.22. The van der Waals surface area contributed by atoms with Crippen molar-refractivity contribution in [2.45, 2.75) is 19.8 Å². The summed E-state index contributed by atoms with van der Waals surface area (Å²) in [6.45, 7) is 3.01. The molecule has 1 saturated heterocycles. The number of carbonyl (C=O) groups excluding carboxylic acids is 1. The van der Waals surface area contributed by atoms with Gasteiger partial charge < -0.3 is 10.1 Å². The molecule has 6 heteroatoms. The molecular weight excluding hydrogens is 285 g/mol. The molecule has 0 atom stereocenters. The van der Waals surface area contributed by atoms with Gasteiger partial charge in [0.2, 0.25) is 5.91 Å². The zero-order valence-electron chi connectivity index (χ0n) is 12.4. The van der Waals surface area contributed by atoms with Gasteiger partial charge in [0.25, 0.3) is 0 Å². The molecule has 1 N–H and O–H groups in total. The summed E-state index contributed by atoms with van der Waals surface area (Å²) >= 11 is 0. The van der Waals surface area contributed by atoms with Crippen molar-refractivity contribution in [1.29, 1.82) is 0 Å². The molecule has 116 valence electrons. The Morgan fingerprint density at radius 3 is 2.82 bits per heavy atom. The van der Waals surface area contributed by atoms with Gasteiger partial charge in [0.1, 0.15) is 17.3 Å². The fraction of sp³-hybridized carbons (Fsp3) is 0.375.